The molecule has 1 N–H and O–H groups in total. The predicted octanol–water partition coefficient (Wildman–Crippen LogP) is 3.47. The van der Waals surface area contributed by atoms with E-state index >= 15 is 0 Å². The maximum atomic E-state index is 12.4. The third kappa shape index (κ3) is 3.21. The van der Waals surface area contributed by atoms with Gasteiger partial charge in [-0.1, -0.05) is 56.5 Å². The van der Waals surface area contributed by atoms with E-state index in [1.54, 1.807) is 0 Å². The molecule has 1 heterocycles. The van der Waals surface area contributed by atoms with Gasteiger partial charge in [-0.25, -0.2) is 0 Å². The molecule has 3 atom stereocenters. The monoisotopic (exact) mass is 274 g/mol. The minimum Gasteiger partial charge on any atom is -0.319 e. The highest BCUT2D eigenvalue weighted by Crippen LogP contribution is 2.29. The molecule has 1 fully saturated rings. The lowest BCUT2D eigenvalue weighted by atomic mass is 10.1. The fraction of sp³-hybridized carbons (Fsp3) is 0.588. The quantitative estimate of drug-likeness (QED) is 0.806. The number of hydrogen-bond donors (Lipinski definition) is 1. The molecular weight excluding hydrogens is 248 g/mol. The molecule has 1 aromatic carbocycles. The Morgan fingerprint density at radius 1 is 1.25 bits per heavy atom. The topological polar surface area (TPSA) is 32.3 Å². The van der Waals surface area contributed by atoms with Gasteiger partial charge in [-0.3, -0.25) is 10.1 Å². The molecule has 0 aromatic heterocycles. The van der Waals surface area contributed by atoms with Crippen LogP contribution in [0.25, 0.3) is 0 Å². The van der Waals surface area contributed by atoms with Crippen molar-refractivity contribution in [2.45, 2.75) is 64.7 Å². The van der Waals surface area contributed by atoms with E-state index < -0.39 is 0 Å². The number of carbonyl (C=O) groups is 1. The van der Waals surface area contributed by atoms with Gasteiger partial charge in [-0.05, 0) is 25.8 Å². The fourth-order valence-corrected chi connectivity index (χ4v) is 2.93. The van der Waals surface area contributed by atoms with E-state index in [9.17, 15) is 4.79 Å². The number of hydrogen-bond acceptors (Lipinski definition) is 2. The van der Waals surface area contributed by atoms with Gasteiger partial charge in [0, 0.05) is 6.04 Å². The van der Waals surface area contributed by atoms with Crippen LogP contribution in [0.15, 0.2) is 30.3 Å². The molecule has 2 rings (SSSR count). The predicted molar refractivity (Wildman–Crippen MR) is 82.2 cm³/mol. The van der Waals surface area contributed by atoms with Crippen molar-refractivity contribution in [1.29, 1.82) is 0 Å². The van der Waals surface area contributed by atoms with Crippen molar-refractivity contribution in [1.82, 2.24) is 10.2 Å². The van der Waals surface area contributed by atoms with E-state index in [1.807, 2.05) is 30.0 Å². The van der Waals surface area contributed by atoms with Gasteiger partial charge >= 0.3 is 0 Å². The van der Waals surface area contributed by atoms with Crippen LogP contribution in [0.5, 0.6) is 0 Å². The van der Waals surface area contributed by atoms with Crippen molar-refractivity contribution >= 4 is 5.91 Å². The van der Waals surface area contributed by atoms with E-state index in [-0.39, 0.29) is 24.2 Å². The zero-order chi connectivity index (χ0) is 14.5. The number of amides is 1. The maximum absolute atomic E-state index is 12.4. The Balaban J connectivity index is 2.12. The second-order valence-electron chi connectivity index (χ2n) is 5.79. The normalized spacial score (nSPS) is 24.1. The Hall–Kier alpha value is -1.35. The first kappa shape index (κ1) is 15.0. The fourth-order valence-electron chi connectivity index (χ4n) is 2.93. The van der Waals surface area contributed by atoms with Gasteiger partial charge in [0.05, 0.1) is 6.04 Å². The maximum Gasteiger partial charge on any atom is 0.241 e. The molecule has 1 aliphatic rings. The molecule has 0 spiro atoms. The standard InChI is InChI=1S/C17H26N2O/c1-4-5-7-10-13(2)19-16(18-14(3)17(19)20)15-11-8-6-9-12-15/h6,8-9,11-14,16,18H,4-5,7,10H2,1-3H3. The van der Waals surface area contributed by atoms with Crippen LogP contribution in [0.4, 0.5) is 0 Å². The summed E-state index contributed by atoms with van der Waals surface area (Å²) in [6, 6.07) is 10.5. The molecule has 0 bridgehead atoms. The first-order chi connectivity index (χ1) is 9.65. The summed E-state index contributed by atoms with van der Waals surface area (Å²) in [6.07, 6.45) is 4.76. The van der Waals surface area contributed by atoms with Gasteiger partial charge in [-0.15, -0.1) is 0 Å². The number of benzene rings is 1. The highest BCUT2D eigenvalue weighted by atomic mass is 16.2. The van der Waals surface area contributed by atoms with E-state index in [4.69, 9.17) is 0 Å². The average molecular weight is 274 g/mol. The summed E-state index contributed by atoms with van der Waals surface area (Å²) >= 11 is 0. The van der Waals surface area contributed by atoms with Gasteiger partial charge in [0.2, 0.25) is 5.91 Å². The Morgan fingerprint density at radius 3 is 2.60 bits per heavy atom. The van der Waals surface area contributed by atoms with Crippen molar-refractivity contribution in [2.24, 2.45) is 0 Å². The van der Waals surface area contributed by atoms with Crippen molar-refractivity contribution in [2.75, 3.05) is 0 Å². The van der Waals surface area contributed by atoms with Crippen LogP contribution >= 0.6 is 0 Å². The lowest BCUT2D eigenvalue weighted by Gasteiger charge is -2.30. The smallest absolute Gasteiger partial charge is 0.241 e. The first-order valence-corrected chi connectivity index (χ1v) is 7.78. The zero-order valence-electron chi connectivity index (χ0n) is 12.8. The van der Waals surface area contributed by atoms with Crippen molar-refractivity contribution < 1.29 is 4.79 Å². The number of unbranched alkanes of at least 4 members (excludes halogenated alkanes) is 2. The molecule has 0 saturated carbocycles. The van der Waals surface area contributed by atoms with Crippen LogP contribution in [0.1, 0.15) is 58.2 Å². The first-order valence-electron chi connectivity index (χ1n) is 7.78. The summed E-state index contributed by atoms with van der Waals surface area (Å²) in [5.74, 6) is 0.225. The molecule has 1 aromatic rings. The molecule has 0 radical (unpaired) electrons. The highest BCUT2D eigenvalue weighted by Gasteiger charge is 2.39. The lowest BCUT2D eigenvalue weighted by Crippen LogP contribution is -2.38. The van der Waals surface area contributed by atoms with Crippen LogP contribution in [-0.2, 0) is 4.79 Å². The molecule has 1 aliphatic heterocycles. The molecule has 3 nitrogen and oxygen atoms in total. The van der Waals surface area contributed by atoms with E-state index in [2.05, 4.69) is 31.3 Å². The summed E-state index contributed by atoms with van der Waals surface area (Å²) in [5.41, 5.74) is 1.17. The van der Waals surface area contributed by atoms with E-state index in [0.717, 1.165) is 6.42 Å². The third-order valence-corrected chi connectivity index (χ3v) is 4.13. The summed E-state index contributed by atoms with van der Waals surface area (Å²) < 4.78 is 0. The Labute approximate surface area is 122 Å². The van der Waals surface area contributed by atoms with Crippen molar-refractivity contribution in [3.8, 4) is 0 Å². The van der Waals surface area contributed by atoms with Crippen LogP contribution in [0.2, 0.25) is 0 Å². The van der Waals surface area contributed by atoms with E-state index in [1.165, 1.54) is 24.8 Å². The minimum atomic E-state index is -0.0890. The SMILES string of the molecule is CCCCCC(C)N1C(=O)C(C)NC1c1ccccc1. The van der Waals surface area contributed by atoms with Gasteiger partial charge in [0.1, 0.15) is 6.17 Å². The van der Waals surface area contributed by atoms with Crippen LogP contribution in [0.3, 0.4) is 0 Å². The second-order valence-corrected chi connectivity index (χ2v) is 5.79. The van der Waals surface area contributed by atoms with Crippen LogP contribution in [0, 0.1) is 0 Å². The number of carbonyl (C=O) groups excluding carboxylic acids is 1. The number of nitrogens with one attached hydrogen (secondary N) is 1. The summed E-state index contributed by atoms with van der Waals surface area (Å²) in [6.45, 7) is 6.34. The highest BCUT2D eigenvalue weighted by molar-refractivity contribution is 5.84. The second kappa shape index (κ2) is 6.89. The molecule has 3 heteroatoms. The average Bonchev–Trinajstić information content (AvgIpc) is 2.76. The largest absolute Gasteiger partial charge is 0.319 e. The molecule has 110 valence electrons. The Bertz CT molecular complexity index is 432. The summed E-state index contributed by atoms with van der Waals surface area (Å²) in [7, 11) is 0. The zero-order valence-corrected chi connectivity index (χ0v) is 12.8. The Morgan fingerprint density at radius 2 is 1.95 bits per heavy atom. The van der Waals surface area contributed by atoms with Crippen molar-refractivity contribution in [3.63, 3.8) is 0 Å². The van der Waals surface area contributed by atoms with Crippen molar-refractivity contribution in [3.05, 3.63) is 35.9 Å². The molecule has 0 aliphatic carbocycles. The summed E-state index contributed by atoms with van der Waals surface area (Å²) in [4.78, 5) is 14.5. The number of nitrogens with zero attached hydrogens (tertiary/aromatic N) is 1. The van der Waals surface area contributed by atoms with Gasteiger partial charge in [-0.2, -0.15) is 0 Å². The summed E-state index contributed by atoms with van der Waals surface area (Å²) in [5, 5.41) is 3.42. The van der Waals surface area contributed by atoms with Crippen LogP contribution in [-0.4, -0.2) is 22.9 Å². The lowest BCUT2D eigenvalue weighted by molar-refractivity contribution is -0.131. The molecular formula is C17H26N2O. The minimum absolute atomic E-state index is 0.0235. The van der Waals surface area contributed by atoms with Crippen LogP contribution < -0.4 is 5.32 Å². The van der Waals surface area contributed by atoms with Gasteiger partial charge < -0.3 is 4.90 Å². The van der Waals surface area contributed by atoms with Gasteiger partial charge in [0.25, 0.3) is 0 Å². The Kier molecular flexibility index (Phi) is 5.18. The van der Waals surface area contributed by atoms with E-state index in [0.29, 0.717) is 0 Å². The molecule has 1 amide bonds. The van der Waals surface area contributed by atoms with Gasteiger partial charge in [0.15, 0.2) is 0 Å². The number of rotatable bonds is 6. The molecule has 3 unspecified atom stereocenters. The molecule has 20 heavy (non-hydrogen) atoms. The molecule has 1 saturated heterocycles. The third-order valence-electron chi connectivity index (χ3n) is 4.13.